The zero-order chi connectivity index (χ0) is 17.4. The summed E-state index contributed by atoms with van der Waals surface area (Å²) in [4.78, 5) is 22.6. The molecule has 0 N–H and O–H groups in total. The summed E-state index contributed by atoms with van der Waals surface area (Å²) in [6.07, 6.45) is 4.45. The molecule has 0 fully saturated rings. The summed E-state index contributed by atoms with van der Waals surface area (Å²) >= 11 is 6.11. The van der Waals surface area contributed by atoms with Gasteiger partial charge in [-0.3, -0.25) is 4.79 Å². The molecule has 1 aromatic carbocycles. The van der Waals surface area contributed by atoms with E-state index < -0.39 is 0 Å². The van der Waals surface area contributed by atoms with Gasteiger partial charge in [-0.2, -0.15) is 0 Å². The molecule has 4 rings (SSSR count). The van der Waals surface area contributed by atoms with Crippen LogP contribution in [0.5, 0.6) is 5.88 Å². The summed E-state index contributed by atoms with van der Waals surface area (Å²) in [6, 6.07) is 8.08. The fourth-order valence-electron chi connectivity index (χ4n) is 3.15. The number of nitrogens with zero attached hydrogens (tertiary/aromatic N) is 4. The molecule has 0 atom stereocenters. The van der Waals surface area contributed by atoms with E-state index >= 15 is 0 Å². The highest BCUT2D eigenvalue weighted by Crippen LogP contribution is 2.30. The van der Waals surface area contributed by atoms with Crippen molar-refractivity contribution in [3.8, 4) is 5.88 Å². The van der Waals surface area contributed by atoms with Crippen LogP contribution in [0.1, 0.15) is 23.7 Å². The molecule has 3 aromatic rings. The van der Waals surface area contributed by atoms with E-state index in [0.29, 0.717) is 13.2 Å². The van der Waals surface area contributed by atoms with E-state index in [2.05, 4.69) is 33.7 Å². The number of anilines is 1. The van der Waals surface area contributed by atoms with Gasteiger partial charge in [-0.05, 0) is 30.7 Å². The Balaban J connectivity index is 1.75. The van der Waals surface area contributed by atoms with Crippen LogP contribution in [-0.4, -0.2) is 33.6 Å². The highest BCUT2D eigenvalue weighted by molar-refractivity contribution is 6.33. The van der Waals surface area contributed by atoms with Crippen molar-refractivity contribution in [3.05, 3.63) is 47.5 Å². The topological polar surface area (TPSA) is 60.2 Å². The van der Waals surface area contributed by atoms with Gasteiger partial charge in [0, 0.05) is 29.3 Å². The Labute approximate surface area is 150 Å². The van der Waals surface area contributed by atoms with Gasteiger partial charge >= 0.3 is 0 Å². The van der Waals surface area contributed by atoms with Crippen molar-refractivity contribution in [3.63, 3.8) is 0 Å². The number of ether oxygens (including phenoxy) is 1. The number of fused-ring (bicyclic) bond motifs is 2. The molecule has 7 heteroatoms. The predicted molar refractivity (Wildman–Crippen MR) is 96.4 cm³/mol. The second kappa shape index (κ2) is 6.37. The average molecular weight is 357 g/mol. The number of carbonyl (C=O) groups is 1. The molecule has 0 spiro atoms. The highest BCUT2D eigenvalue weighted by Gasteiger charge is 2.29. The first-order valence-corrected chi connectivity index (χ1v) is 8.61. The second-order valence-corrected chi connectivity index (χ2v) is 6.26. The van der Waals surface area contributed by atoms with Gasteiger partial charge < -0.3 is 14.2 Å². The maximum Gasteiger partial charge on any atom is 0.267 e. The highest BCUT2D eigenvalue weighted by atomic mass is 35.5. The summed E-state index contributed by atoms with van der Waals surface area (Å²) in [7, 11) is 0. The number of benzene rings is 1. The third kappa shape index (κ3) is 2.72. The Kier molecular flexibility index (Phi) is 4.05. The first-order valence-electron chi connectivity index (χ1n) is 8.23. The number of carbonyl (C=O) groups excluding carboxylic acids is 1. The van der Waals surface area contributed by atoms with Crippen molar-refractivity contribution < 1.29 is 9.53 Å². The van der Waals surface area contributed by atoms with Crippen LogP contribution in [0.2, 0.25) is 5.15 Å². The summed E-state index contributed by atoms with van der Waals surface area (Å²) in [5.74, 6) is -0.00637. The van der Waals surface area contributed by atoms with Gasteiger partial charge in [0.25, 0.3) is 5.91 Å². The lowest BCUT2D eigenvalue weighted by atomic mass is 10.2. The number of hydrogen-bond donors (Lipinski definition) is 0. The molecule has 1 amide bonds. The molecule has 1 aliphatic heterocycles. The van der Waals surface area contributed by atoms with E-state index in [1.165, 1.54) is 6.33 Å². The molecule has 25 heavy (non-hydrogen) atoms. The first kappa shape index (κ1) is 15.9. The summed E-state index contributed by atoms with van der Waals surface area (Å²) < 4.78 is 7.79. The number of rotatable bonds is 3. The fraction of sp³-hybridized carbons (Fsp3) is 0.278. The molecular weight excluding hydrogens is 340 g/mol. The van der Waals surface area contributed by atoms with Crippen molar-refractivity contribution >= 4 is 34.1 Å². The molecule has 0 unspecified atom stereocenters. The molecular formula is C18H17ClN4O2. The predicted octanol–water partition coefficient (Wildman–Crippen LogP) is 3.53. The van der Waals surface area contributed by atoms with Gasteiger partial charge in [-0.25, -0.2) is 9.97 Å². The molecule has 1 aliphatic rings. The van der Waals surface area contributed by atoms with Crippen LogP contribution < -0.4 is 9.64 Å². The fourth-order valence-corrected chi connectivity index (χ4v) is 3.35. The normalized spacial score (nSPS) is 14.3. The third-order valence-corrected chi connectivity index (χ3v) is 4.60. The van der Waals surface area contributed by atoms with E-state index in [-0.39, 0.29) is 22.5 Å². The van der Waals surface area contributed by atoms with Crippen molar-refractivity contribution in [1.29, 1.82) is 0 Å². The summed E-state index contributed by atoms with van der Waals surface area (Å²) in [6.45, 7) is 3.90. The van der Waals surface area contributed by atoms with E-state index in [0.717, 1.165) is 29.6 Å². The Morgan fingerprint density at radius 1 is 1.28 bits per heavy atom. The number of aromatic nitrogens is 3. The molecule has 3 heterocycles. The van der Waals surface area contributed by atoms with Crippen LogP contribution in [-0.2, 0) is 6.54 Å². The first-order chi connectivity index (χ1) is 12.2. The van der Waals surface area contributed by atoms with Crippen LogP contribution in [0.25, 0.3) is 10.9 Å². The number of hydrogen-bond acceptors (Lipinski definition) is 4. The maximum absolute atomic E-state index is 13.0. The largest absolute Gasteiger partial charge is 0.475 e. The molecule has 128 valence electrons. The van der Waals surface area contributed by atoms with E-state index in [9.17, 15) is 4.79 Å². The third-order valence-electron chi connectivity index (χ3n) is 4.31. The number of aryl methyl sites for hydroxylation is 1. The van der Waals surface area contributed by atoms with Crippen molar-refractivity contribution in [2.45, 2.75) is 19.9 Å². The molecule has 0 saturated carbocycles. The van der Waals surface area contributed by atoms with Crippen LogP contribution >= 0.6 is 11.6 Å². The van der Waals surface area contributed by atoms with Gasteiger partial charge in [0.1, 0.15) is 23.7 Å². The molecule has 2 aromatic heterocycles. The van der Waals surface area contributed by atoms with Crippen molar-refractivity contribution in [2.75, 3.05) is 18.1 Å². The van der Waals surface area contributed by atoms with Crippen molar-refractivity contribution in [2.24, 2.45) is 0 Å². The van der Waals surface area contributed by atoms with Crippen LogP contribution in [0.3, 0.4) is 0 Å². The molecule has 0 bridgehead atoms. The minimum atomic E-state index is -0.245. The van der Waals surface area contributed by atoms with Crippen LogP contribution in [0.15, 0.2) is 36.8 Å². The van der Waals surface area contributed by atoms with Gasteiger partial charge in [0.2, 0.25) is 5.88 Å². The summed E-state index contributed by atoms with van der Waals surface area (Å²) in [5.41, 5.74) is 2.18. The van der Waals surface area contributed by atoms with Gasteiger partial charge in [0.15, 0.2) is 0 Å². The minimum Gasteiger partial charge on any atom is -0.475 e. The standard InChI is InChI=1S/C18H17ClN4O2/c1-2-6-22-7-5-12-10-13(3-4-14(12)22)23-8-9-25-17-15(18(23)24)16(19)20-11-21-17/h3-5,7,10-11H,2,6,8-9H2,1H3. The molecule has 6 nitrogen and oxygen atoms in total. The van der Waals surface area contributed by atoms with Gasteiger partial charge in [0.05, 0.1) is 6.54 Å². The summed E-state index contributed by atoms with van der Waals surface area (Å²) in [5, 5.41) is 1.21. The lowest BCUT2D eigenvalue weighted by molar-refractivity contribution is 0.0989. The molecule has 0 saturated heterocycles. The maximum atomic E-state index is 13.0. The Hall–Kier alpha value is -2.60. The SMILES string of the molecule is CCCn1ccc2cc(N3CCOc4ncnc(Cl)c4C3=O)ccc21. The second-order valence-electron chi connectivity index (χ2n) is 5.90. The van der Waals surface area contributed by atoms with E-state index in [1.54, 1.807) is 4.90 Å². The van der Waals surface area contributed by atoms with Gasteiger partial charge in [-0.15, -0.1) is 0 Å². The smallest absolute Gasteiger partial charge is 0.267 e. The van der Waals surface area contributed by atoms with E-state index in [1.807, 2.05) is 18.2 Å². The average Bonchev–Trinajstić information content (AvgIpc) is 2.92. The van der Waals surface area contributed by atoms with Crippen LogP contribution in [0.4, 0.5) is 5.69 Å². The number of halogens is 1. The quantitative estimate of drug-likeness (QED) is 0.673. The lowest BCUT2D eigenvalue weighted by Gasteiger charge is -2.20. The van der Waals surface area contributed by atoms with Crippen LogP contribution in [0, 0.1) is 0 Å². The Morgan fingerprint density at radius 3 is 3.00 bits per heavy atom. The molecule has 0 radical (unpaired) electrons. The Bertz CT molecular complexity index is 953. The van der Waals surface area contributed by atoms with E-state index in [4.69, 9.17) is 16.3 Å². The van der Waals surface area contributed by atoms with Crippen molar-refractivity contribution in [1.82, 2.24) is 14.5 Å². The monoisotopic (exact) mass is 356 g/mol. The zero-order valence-corrected chi connectivity index (χ0v) is 14.5. The molecule has 0 aliphatic carbocycles. The minimum absolute atomic E-state index is 0.108. The number of amides is 1. The lowest BCUT2D eigenvalue weighted by Crippen LogP contribution is -2.32. The Morgan fingerprint density at radius 2 is 2.16 bits per heavy atom. The zero-order valence-electron chi connectivity index (χ0n) is 13.8. The van der Waals surface area contributed by atoms with Gasteiger partial charge in [-0.1, -0.05) is 18.5 Å².